The highest BCUT2D eigenvalue weighted by Crippen LogP contribution is 2.55. The summed E-state index contributed by atoms with van der Waals surface area (Å²) in [5, 5.41) is 11.3. The SMILES string of the molecule is CCC(CC)(Oc1cc(C)c(Cc2ccc(O)c(C(=O)NC(C)C)c2)c(C)c1)P(=O)(O)O. The zero-order chi connectivity index (χ0) is 24.3. The molecular weight excluding hydrogens is 429 g/mol. The first-order valence-electron chi connectivity index (χ1n) is 10.8. The Kier molecular flexibility index (Phi) is 8.16. The van der Waals surface area contributed by atoms with Crippen molar-refractivity contribution >= 4 is 13.5 Å². The normalized spacial score (nSPS) is 12.2. The first kappa shape index (κ1) is 25.9. The Morgan fingerprint density at radius 2 is 1.66 bits per heavy atom. The molecule has 0 aliphatic carbocycles. The molecule has 2 aromatic rings. The summed E-state index contributed by atoms with van der Waals surface area (Å²) in [6, 6.07) is 8.49. The molecule has 0 aliphatic rings. The molecule has 176 valence electrons. The van der Waals surface area contributed by atoms with Crippen LogP contribution in [0.3, 0.4) is 0 Å². The van der Waals surface area contributed by atoms with E-state index in [2.05, 4.69) is 5.32 Å². The van der Waals surface area contributed by atoms with E-state index in [0.29, 0.717) is 12.2 Å². The van der Waals surface area contributed by atoms with Crippen LogP contribution in [0.2, 0.25) is 0 Å². The number of ether oxygens (including phenoxy) is 1. The second-order valence-corrected chi connectivity index (χ2v) is 10.4. The number of aryl methyl sites for hydroxylation is 2. The summed E-state index contributed by atoms with van der Waals surface area (Å²) in [6.45, 7) is 10.9. The van der Waals surface area contributed by atoms with Gasteiger partial charge in [0.15, 0.2) is 0 Å². The number of benzene rings is 2. The van der Waals surface area contributed by atoms with Crippen molar-refractivity contribution in [1.29, 1.82) is 0 Å². The lowest BCUT2D eigenvalue weighted by Gasteiger charge is -2.33. The van der Waals surface area contributed by atoms with Crippen molar-refractivity contribution in [3.8, 4) is 11.5 Å². The fourth-order valence-electron chi connectivity index (χ4n) is 3.80. The molecule has 0 unspecified atom stereocenters. The highest BCUT2D eigenvalue weighted by molar-refractivity contribution is 7.53. The van der Waals surface area contributed by atoms with E-state index >= 15 is 0 Å². The van der Waals surface area contributed by atoms with Gasteiger partial charge < -0.3 is 24.9 Å². The standard InChI is InChI=1S/C24H34NO6P/c1-7-24(8-2,32(28,29)30)31-19-11-16(5)20(17(6)12-19)13-18-9-10-22(26)21(14-18)23(27)25-15(3)4/h9-12,14-15,26H,7-8,13H2,1-6H3,(H,25,27)(H2,28,29,30). The zero-order valence-electron chi connectivity index (χ0n) is 19.6. The van der Waals surface area contributed by atoms with Crippen LogP contribution in [0.1, 0.15) is 73.1 Å². The molecule has 32 heavy (non-hydrogen) atoms. The van der Waals surface area contributed by atoms with Crippen LogP contribution in [-0.4, -0.2) is 32.2 Å². The Labute approximate surface area is 190 Å². The summed E-state index contributed by atoms with van der Waals surface area (Å²) in [7, 11) is -4.48. The Balaban J connectivity index is 2.36. The number of phenols is 1. The molecule has 4 N–H and O–H groups in total. The van der Waals surface area contributed by atoms with Crippen LogP contribution in [0.25, 0.3) is 0 Å². The van der Waals surface area contributed by atoms with E-state index in [1.807, 2.05) is 27.7 Å². The summed E-state index contributed by atoms with van der Waals surface area (Å²) in [4.78, 5) is 32.1. The highest BCUT2D eigenvalue weighted by atomic mass is 31.2. The summed E-state index contributed by atoms with van der Waals surface area (Å²) >= 11 is 0. The molecule has 0 heterocycles. The molecule has 0 radical (unpaired) electrons. The van der Waals surface area contributed by atoms with Gasteiger partial charge in [0.05, 0.1) is 5.56 Å². The molecule has 0 saturated carbocycles. The summed E-state index contributed by atoms with van der Waals surface area (Å²) in [6.07, 6.45) is 0.899. The smallest absolute Gasteiger partial charge is 0.368 e. The van der Waals surface area contributed by atoms with Crippen molar-refractivity contribution in [3.05, 3.63) is 58.1 Å². The van der Waals surface area contributed by atoms with Gasteiger partial charge in [-0.2, -0.15) is 0 Å². The van der Waals surface area contributed by atoms with E-state index in [0.717, 1.165) is 22.3 Å². The van der Waals surface area contributed by atoms with Gasteiger partial charge in [-0.05, 0) is 93.5 Å². The third kappa shape index (κ3) is 5.71. The number of hydrogen-bond donors (Lipinski definition) is 4. The zero-order valence-corrected chi connectivity index (χ0v) is 20.5. The number of rotatable bonds is 9. The van der Waals surface area contributed by atoms with Crippen molar-refractivity contribution in [2.24, 2.45) is 0 Å². The molecule has 1 amide bonds. The van der Waals surface area contributed by atoms with Gasteiger partial charge in [-0.3, -0.25) is 9.36 Å². The van der Waals surface area contributed by atoms with E-state index in [9.17, 15) is 24.3 Å². The van der Waals surface area contributed by atoms with Gasteiger partial charge in [-0.25, -0.2) is 0 Å². The van der Waals surface area contributed by atoms with Gasteiger partial charge in [-0.15, -0.1) is 0 Å². The van der Waals surface area contributed by atoms with Gasteiger partial charge in [-0.1, -0.05) is 19.9 Å². The van der Waals surface area contributed by atoms with Crippen molar-refractivity contribution in [2.45, 2.75) is 72.2 Å². The van der Waals surface area contributed by atoms with Gasteiger partial charge in [0.25, 0.3) is 5.91 Å². The largest absolute Gasteiger partial charge is 0.507 e. The van der Waals surface area contributed by atoms with E-state index in [4.69, 9.17) is 4.74 Å². The molecule has 0 fully saturated rings. The number of amides is 1. The minimum absolute atomic E-state index is 0.0471. The number of carbonyl (C=O) groups is 1. The average molecular weight is 464 g/mol. The molecular formula is C24H34NO6P. The lowest BCUT2D eigenvalue weighted by atomic mass is 9.94. The van der Waals surface area contributed by atoms with E-state index in [1.54, 1.807) is 38.1 Å². The van der Waals surface area contributed by atoms with Gasteiger partial charge in [0.1, 0.15) is 11.5 Å². The minimum Gasteiger partial charge on any atom is -0.507 e. The highest BCUT2D eigenvalue weighted by Gasteiger charge is 2.46. The van der Waals surface area contributed by atoms with Crippen LogP contribution in [0.5, 0.6) is 11.5 Å². The van der Waals surface area contributed by atoms with Gasteiger partial charge in [0.2, 0.25) is 5.34 Å². The maximum Gasteiger partial charge on any atom is 0.368 e. The quantitative estimate of drug-likeness (QED) is 0.397. The third-order valence-electron chi connectivity index (χ3n) is 5.72. The Morgan fingerprint density at radius 1 is 1.09 bits per heavy atom. The molecule has 2 rings (SSSR count). The van der Waals surface area contributed by atoms with Gasteiger partial charge >= 0.3 is 7.60 Å². The maximum atomic E-state index is 12.4. The predicted molar refractivity (Wildman–Crippen MR) is 125 cm³/mol. The Bertz CT molecular complexity index is 1000. The van der Waals surface area contributed by atoms with Crippen molar-refractivity contribution in [1.82, 2.24) is 5.32 Å². The third-order valence-corrected chi connectivity index (χ3v) is 7.50. The maximum absolute atomic E-state index is 12.4. The molecule has 0 aliphatic heterocycles. The van der Waals surface area contributed by atoms with Crippen LogP contribution >= 0.6 is 7.60 Å². The minimum atomic E-state index is -4.48. The molecule has 0 aromatic heterocycles. The first-order chi connectivity index (χ1) is 14.8. The first-order valence-corrected chi connectivity index (χ1v) is 12.4. The second kappa shape index (κ2) is 10.1. The molecule has 8 heteroatoms. The summed E-state index contributed by atoms with van der Waals surface area (Å²) in [5.74, 6) is 0.0138. The molecule has 0 spiro atoms. The van der Waals surface area contributed by atoms with E-state index in [-0.39, 0.29) is 36.1 Å². The van der Waals surface area contributed by atoms with Crippen molar-refractivity contribution in [2.75, 3.05) is 0 Å². The number of phenolic OH excluding ortho intramolecular Hbond substituents is 1. The number of carbonyl (C=O) groups excluding carboxylic acids is 1. The lowest BCUT2D eigenvalue weighted by molar-refractivity contribution is 0.0940. The van der Waals surface area contributed by atoms with Crippen LogP contribution in [0.4, 0.5) is 0 Å². The molecule has 0 atom stereocenters. The molecule has 0 bridgehead atoms. The Morgan fingerprint density at radius 3 is 2.12 bits per heavy atom. The fraction of sp³-hybridized carbons (Fsp3) is 0.458. The summed E-state index contributed by atoms with van der Waals surface area (Å²) in [5.41, 5.74) is 3.93. The second-order valence-electron chi connectivity index (χ2n) is 8.49. The van der Waals surface area contributed by atoms with Crippen LogP contribution in [-0.2, 0) is 11.0 Å². The van der Waals surface area contributed by atoms with E-state index in [1.165, 1.54) is 6.07 Å². The van der Waals surface area contributed by atoms with Crippen LogP contribution in [0.15, 0.2) is 30.3 Å². The Hall–Kier alpha value is -2.34. The fourth-order valence-corrected chi connectivity index (χ4v) is 4.84. The topological polar surface area (TPSA) is 116 Å². The van der Waals surface area contributed by atoms with Crippen molar-refractivity contribution in [3.63, 3.8) is 0 Å². The molecule has 2 aromatic carbocycles. The van der Waals surface area contributed by atoms with Crippen molar-refractivity contribution < 1.29 is 29.0 Å². The van der Waals surface area contributed by atoms with Gasteiger partial charge in [0, 0.05) is 6.04 Å². The molecule has 0 saturated heterocycles. The number of nitrogens with one attached hydrogen (secondary N) is 1. The van der Waals surface area contributed by atoms with E-state index < -0.39 is 12.9 Å². The summed E-state index contributed by atoms with van der Waals surface area (Å²) < 4.78 is 18.0. The van der Waals surface area contributed by atoms with Crippen LogP contribution in [0, 0.1) is 13.8 Å². The molecule has 7 nitrogen and oxygen atoms in total. The number of aromatic hydroxyl groups is 1. The van der Waals surface area contributed by atoms with Crippen LogP contribution < -0.4 is 10.1 Å². The predicted octanol–water partition coefficient (Wildman–Crippen LogP) is 4.81. The lowest BCUT2D eigenvalue weighted by Crippen LogP contribution is -2.34. The number of hydrogen-bond acceptors (Lipinski definition) is 4. The average Bonchev–Trinajstić information content (AvgIpc) is 2.68. The monoisotopic (exact) mass is 463 g/mol.